The Labute approximate surface area is 199 Å². The number of aromatic amines is 1. The van der Waals surface area contributed by atoms with Gasteiger partial charge in [0.15, 0.2) is 16.2 Å². The molecule has 0 aliphatic heterocycles. The van der Waals surface area contributed by atoms with Crippen LogP contribution in [0.4, 0.5) is 5.13 Å². The van der Waals surface area contributed by atoms with Gasteiger partial charge in [-0.2, -0.15) is 0 Å². The lowest BCUT2D eigenvalue weighted by Crippen LogP contribution is -2.35. The van der Waals surface area contributed by atoms with Crippen molar-refractivity contribution in [1.82, 2.24) is 9.97 Å². The van der Waals surface area contributed by atoms with Crippen LogP contribution < -0.4 is 14.6 Å². The van der Waals surface area contributed by atoms with Crippen LogP contribution in [0.15, 0.2) is 78.0 Å². The molecule has 2 aromatic heterocycles. The van der Waals surface area contributed by atoms with Gasteiger partial charge in [0.2, 0.25) is 5.91 Å². The van der Waals surface area contributed by atoms with Crippen LogP contribution in [-0.2, 0) is 11.3 Å². The van der Waals surface area contributed by atoms with Gasteiger partial charge in [-0.15, -0.1) is 0 Å². The SMILES string of the molecule is CCOc1ccc2nc(NC(=O)CSc3[nH]c4ccccc4[n+]3Cc3ccccc3)sc2c1. The number of carbonyl (C=O) groups is 1. The number of imidazole rings is 1. The average molecular weight is 476 g/mol. The van der Waals surface area contributed by atoms with Crippen molar-refractivity contribution in [3.8, 4) is 5.75 Å². The fourth-order valence-corrected chi connectivity index (χ4v) is 5.40. The Balaban J connectivity index is 1.31. The number of fused-ring (bicyclic) bond motifs is 2. The van der Waals surface area contributed by atoms with Gasteiger partial charge in [0.1, 0.15) is 12.3 Å². The van der Waals surface area contributed by atoms with E-state index in [1.165, 1.54) is 28.7 Å². The summed E-state index contributed by atoms with van der Waals surface area (Å²) in [4.78, 5) is 20.7. The highest BCUT2D eigenvalue weighted by Crippen LogP contribution is 2.29. The summed E-state index contributed by atoms with van der Waals surface area (Å²) in [6, 6.07) is 24.3. The normalized spacial score (nSPS) is 11.2. The van der Waals surface area contributed by atoms with E-state index in [0.29, 0.717) is 11.7 Å². The second-order valence-corrected chi connectivity index (χ2v) is 9.43. The molecule has 0 saturated heterocycles. The number of benzene rings is 3. The van der Waals surface area contributed by atoms with Crippen molar-refractivity contribution in [2.45, 2.75) is 18.6 Å². The van der Waals surface area contributed by atoms with Crippen LogP contribution in [-0.4, -0.2) is 28.2 Å². The third-order valence-electron chi connectivity index (χ3n) is 5.12. The number of hydrogen-bond acceptors (Lipinski definition) is 5. The Bertz CT molecular complexity index is 1410. The monoisotopic (exact) mass is 475 g/mol. The molecule has 1 amide bonds. The van der Waals surface area contributed by atoms with Gasteiger partial charge in [-0.25, -0.2) is 14.5 Å². The number of thiazole rings is 1. The lowest BCUT2D eigenvalue weighted by molar-refractivity contribution is -0.700. The predicted molar refractivity (Wildman–Crippen MR) is 134 cm³/mol. The molecule has 0 saturated carbocycles. The molecule has 8 heteroatoms. The van der Waals surface area contributed by atoms with Crippen LogP contribution in [0.3, 0.4) is 0 Å². The number of thioether (sulfide) groups is 1. The maximum atomic E-state index is 12.7. The Morgan fingerprint density at radius 2 is 1.94 bits per heavy atom. The first-order valence-corrected chi connectivity index (χ1v) is 12.5. The summed E-state index contributed by atoms with van der Waals surface area (Å²) in [6.07, 6.45) is 0. The fourth-order valence-electron chi connectivity index (χ4n) is 3.65. The molecule has 33 heavy (non-hydrogen) atoms. The Kier molecular flexibility index (Phi) is 6.28. The molecule has 0 aliphatic rings. The molecule has 0 spiro atoms. The van der Waals surface area contributed by atoms with E-state index in [0.717, 1.165) is 38.7 Å². The molecule has 5 aromatic rings. The zero-order valence-electron chi connectivity index (χ0n) is 18.1. The third kappa shape index (κ3) is 4.86. The molecular formula is C25H23N4O2S2+. The smallest absolute Gasteiger partial charge is 0.317 e. The molecule has 0 radical (unpaired) electrons. The first-order valence-electron chi connectivity index (χ1n) is 10.7. The maximum Gasteiger partial charge on any atom is 0.317 e. The van der Waals surface area contributed by atoms with Crippen LogP contribution in [0.2, 0.25) is 0 Å². The van der Waals surface area contributed by atoms with Crippen LogP contribution in [0.25, 0.3) is 21.3 Å². The van der Waals surface area contributed by atoms with E-state index in [1.54, 1.807) is 0 Å². The van der Waals surface area contributed by atoms with E-state index in [1.807, 2.05) is 55.5 Å². The van der Waals surface area contributed by atoms with Crippen LogP contribution in [0.5, 0.6) is 5.75 Å². The minimum absolute atomic E-state index is 0.0889. The first kappa shape index (κ1) is 21.5. The summed E-state index contributed by atoms with van der Waals surface area (Å²) in [5, 5.41) is 4.48. The molecular weight excluding hydrogens is 452 g/mol. The number of amides is 1. The average Bonchev–Trinajstić information content (AvgIpc) is 3.39. The van der Waals surface area contributed by atoms with Gasteiger partial charge in [-0.1, -0.05) is 53.8 Å². The van der Waals surface area contributed by atoms with Crippen molar-refractivity contribution in [2.75, 3.05) is 17.7 Å². The van der Waals surface area contributed by atoms with Crippen molar-refractivity contribution in [1.29, 1.82) is 0 Å². The molecule has 0 fully saturated rings. The van der Waals surface area contributed by atoms with Gasteiger partial charge in [0, 0.05) is 0 Å². The van der Waals surface area contributed by atoms with Gasteiger partial charge in [-0.3, -0.25) is 4.79 Å². The first-order chi connectivity index (χ1) is 16.2. The van der Waals surface area contributed by atoms with E-state index in [-0.39, 0.29) is 11.7 Å². The fraction of sp³-hybridized carbons (Fsp3) is 0.160. The molecule has 0 atom stereocenters. The molecule has 2 N–H and O–H groups in total. The lowest BCUT2D eigenvalue weighted by Gasteiger charge is -2.03. The number of hydrogen-bond donors (Lipinski definition) is 2. The van der Waals surface area contributed by atoms with E-state index in [2.05, 4.69) is 44.1 Å². The molecule has 166 valence electrons. The molecule has 0 unspecified atom stereocenters. The van der Waals surface area contributed by atoms with Gasteiger partial charge in [-0.05, 0) is 54.6 Å². The summed E-state index contributed by atoms with van der Waals surface area (Å²) >= 11 is 2.94. The third-order valence-corrected chi connectivity index (χ3v) is 7.06. The number of nitrogens with zero attached hydrogens (tertiary/aromatic N) is 2. The topological polar surface area (TPSA) is 70.9 Å². The Morgan fingerprint density at radius 3 is 2.79 bits per heavy atom. The molecule has 0 aliphatic carbocycles. The molecule has 5 rings (SSSR count). The largest absolute Gasteiger partial charge is 0.494 e. The second-order valence-electron chi connectivity index (χ2n) is 7.44. The highest BCUT2D eigenvalue weighted by atomic mass is 32.2. The van der Waals surface area contributed by atoms with Crippen LogP contribution in [0.1, 0.15) is 12.5 Å². The van der Waals surface area contributed by atoms with Crippen molar-refractivity contribution in [3.05, 3.63) is 78.4 Å². The number of para-hydroxylation sites is 2. The number of H-pyrrole nitrogens is 1. The van der Waals surface area contributed by atoms with Crippen molar-refractivity contribution in [3.63, 3.8) is 0 Å². The van der Waals surface area contributed by atoms with E-state index < -0.39 is 0 Å². The number of ether oxygens (including phenoxy) is 1. The minimum atomic E-state index is -0.0889. The summed E-state index contributed by atoms with van der Waals surface area (Å²) in [5.74, 6) is 1.000. The molecule has 0 bridgehead atoms. The minimum Gasteiger partial charge on any atom is -0.494 e. The number of carbonyl (C=O) groups excluding carboxylic acids is 1. The molecule has 6 nitrogen and oxygen atoms in total. The number of aromatic nitrogens is 3. The molecule has 2 heterocycles. The summed E-state index contributed by atoms with van der Waals surface area (Å²) in [7, 11) is 0. The summed E-state index contributed by atoms with van der Waals surface area (Å²) < 4.78 is 8.76. The van der Waals surface area contributed by atoms with E-state index in [9.17, 15) is 4.79 Å². The van der Waals surface area contributed by atoms with Crippen molar-refractivity contribution in [2.24, 2.45) is 0 Å². The zero-order valence-corrected chi connectivity index (χ0v) is 19.7. The summed E-state index contributed by atoms with van der Waals surface area (Å²) in [6.45, 7) is 3.30. The Hall–Kier alpha value is -3.36. The van der Waals surface area contributed by atoms with Gasteiger partial charge in [0.25, 0.3) is 0 Å². The van der Waals surface area contributed by atoms with Gasteiger partial charge in [0.05, 0.1) is 22.6 Å². The zero-order chi connectivity index (χ0) is 22.6. The van der Waals surface area contributed by atoms with Gasteiger partial charge < -0.3 is 10.1 Å². The van der Waals surface area contributed by atoms with Crippen LogP contribution >= 0.6 is 23.1 Å². The van der Waals surface area contributed by atoms with Crippen molar-refractivity contribution >= 4 is 55.4 Å². The predicted octanol–water partition coefficient (Wildman–Crippen LogP) is 5.24. The van der Waals surface area contributed by atoms with Crippen molar-refractivity contribution < 1.29 is 14.1 Å². The summed E-state index contributed by atoms with van der Waals surface area (Å²) in [5.41, 5.74) is 4.22. The quantitative estimate of drug-likeness (QED) is 0.238. The van der Waals surface area contributed by atoms with E-state index >= 15 is 0 Å². The number of rotatable bonds is 8. The molecule has 3 aromatic carbocycles. The van der Waals surface area contributed by atoms with Crippen LogP contribution in [0, 0.1) is 0 Å². The standard InChI is InChI=1S/C25H22N4O2S2/c1-2-31-18-12-13-20-22(14-18)33-24(26-20)28-23(30)16-32-25-27-19-10-6-7-11-21(19)29(25)15-17-8-4-3-5-9-17/h3-14H,2,15-16H2,1H3,(H,26,28,30)/p+1. The number of nitrogens with one attached hydrogen (secondary N) is 2. The number of anilines is 1. The maximum absolute atomic E-state index is 12.7. The van der Waals surface area contributed by atoms with Gasteiger partial charge >= 0.3 is 5.16 Å². The lowest BCUT2D eigenvalue weighted by atomic mass is 10.2. The highest BCUT2D eigenvalue weighted by molar-refractivity contribution is 7.99. The Morgan fingerprint density at radius 1 is 1.12 bits per heavy atom. The highest BCUT2D eigenvalue weighted by Gasteiger charge is 2.20. The van der Waals surface area contributed by atoms with E-state index in [4.69, 9.17) is 4.74 Å². The second kappa shape index (κ2) is 9.64.